The number of hydrogen-bond donors (Lipinski definition) is 0. The van der Waals surface area contributed by atoms with E-state index in [0.717, 1.165) is 28.1 Å². The van der Waals surface area contributed by atoms with E-state index in [1.54, 1.807) is 21.7 Å². The lowest BCUT2D eigenvalue weighted by Crippen LogP contribution is -2.39. The van der Waals surface area contributed by atoms with E-state index in [2.05, 4.69) is 0 Å². The lowest BCUT2D eigenvalue weighted by atomic mass is 9.99. The van der Waals surface area contributed by atoms with Gasteiger partial charge in [0.2, 0.25) is 0 Å². The van der Waals surface area contributed by atoms with E-state index in [4.69, 9.17) is 9.84 Å². The van der Waals surface area contributed by atoms with Crippen molar-refractivity contribution in [3.8, 4) is 16.9 Å². The molecule has 1 aliphatic heterocycles. The second kappa shape index (κ2) is 8.61. The maximum atomic E-state index is 14.7. The van der Waals surface area contributed by atoms with Crippen molar-refractivity contribution >= 4 is 11.7 Å². The van der Waals surface area contributed by atoms with Gasteiger partial charge in [-0.15, -0.1) is 0 Å². The number of carbonyl (C=O) groups excluding carboxylic acids is 1. The Bertz CT molecular complexity index is 1160. The Morgan fingerprint density at radius 3 is 2.38 bits per heavy atom. The van der Waals surface area contributed by atoms with Crippen LogP contribution in [0.2, 0.25) is 0 Å². The van der Waals surface area contributed by atoms with Crippen molar-refractivity contribution in [2.24, 2.45) is 0 Å². The maximum Gasteiger partial charge on any atom is 0.410 e. The number of halogens is 1. The zero-order valence-corrected chi connectivity index (χ0v) is 18.9. The summed E-state index contributed by atoms with van der Waals surface area (Å²) < 4.78 is 21.9. The Labute approximate surface area is 188 Å². The summed E-state index contributed by atoms with van der Waals surface area (Å²) in [5.41, 5.74) is 4.58. The topological polar surface area (TPSA) is 47.4 Å². The van der Waals surface area contributed by atoms with Gasteiger partial charge in [-0.2, -0.15) is 5.10 Å². The van der Waals surface area contributed by atoms with E-state index >= 15 is 0 Å². The van der Waals surface area contributed by atoms with Gasteiger partial charge in [0.25, 0.3) is 0 Å². The molecule has 6 heteroatoms. The molecule has 0 aliphatic carbocycles. The van der Waals surface area contributed by atoms with Crippen LogP contribution < -0.4 is 0 Å². The van der Waals surface area contributed by atoms with Crippen molar-refractivity contribution in [2.45, 2.75) is 39.7 Å². The Balaban J connectivity index is 1.72. The fraction of sp³-hybridized carbons (Fsp3) is 0.308. The van der Waals surface area contributed by atoms with Crippen molar-refractivity contribution in [3.63, 3.8) is 0 Å². The number of hydrogen-bond acceptors (Lipinski definition) is 3. The predicted octanol–water partition coefficient (Wildman–Crippen LogP) is 6.01. The first-order chi connectivity index (χ1) is 15.2. The summed E-state index contributed by atoms with van der Waals surface area (Å²) >= 11 is 0. The Kier molecular flexibility index (Phi) is 5.87. The summed E-state index contributed by atoms with van der Waals surface area (Å²) in [4.78, 5) is 14.1. The largest absolute Gasteiger partial charge is 0.444 e. The van der Waals surface area contributed by atoms with Crippen LogP contribution in [-0.4, -0.2) is 39.5 Å². The molecule has 166 valence electrons. The van der Waals surface area contributed by atoms with Gasteiger partial charge in [-0.05, 0) is 51.8 Å². The van der Waals surface area contributed by atoms with E-state index in [1.807, 2.05) is 70.2 Å². The highest BCUT2D eigenvalue weighted by Crippen LogP contribution is 2.34. The highest BCUT2D eigenvalue weighted by atomic mass is 19.1. The standard InChI is InChI=1S/C26H28FN3O2/c1-18-23(19-14-16-29(17-15-19)25(31)32-26(2,3)4)28-30(22-13-9-8-12-21(22)27)24(18)20-10-6-5-7-11-20/h5-14H,15-17H2,1-4H3. The van der Waals surface area contributed by atoms with Crippen LogP contribution in [0.25, 0.3) is 22.5 Å². The van der Waals surface area contributed by atoms with E-state index < -0.39 is 5.60 Å². The molecule has 0 atom stereocenters. The van der Waals surface area contributed by atoms with Crippen molar-refractivity contribution in [2.75, 3.05) is 13.1 Å². The van der Waals surface area contributed by atoms with Crippen molar-refractivity contribution in [1.29, 1.82) is 0 Å². The van der Waals surface area contributed by atoms with Crippen LogP contribution in [0.1, 0.15) is 38.4 Å². The minimum atomic E-state index is -0.527. The van der Waals surface area contributed by atoms with Gasteiger partial charge in [-0.25, -0.2) is 13.9 Å². The SMILES string of the molecule is Cc1c(C2=CCN(C(=O)OC(C)(C)C)CC2)nn(-c2ccccc2F)c1-c1ccccc1. The minimum Gasteiger partial charge on any atom is -0.444 e. The van der Waals surface area contributed by atoms with Gasteiger partial charge in [-0.1, -0.05) is 48.5 Å². The molecule has 1 amide bonds. The lowest BCUT2D eigenvalue weighted by molar-refractivity contribution is 0.0270. The molecule has 2 aromatic carbocycles. The summed E-state index contributed by atoms with van der Waals surface area (Å²) in [5.74, 6) is -0.326. The minimum absolute atomic E-state index is 0.314. The molecule has 2 heterocycles. The number of ether oxygens (including phenoxy) is 1. The molecule has 0 fully saturated rings. The molecule has 1 aromatic heterocycles. The van der Waals surface area contributed by atoms with Crippen molar-refractivity contribution < 1.29 is 13.9 Å². The molecule has 5 nitrogen and oxygen atoms in total. The van der Waals surface area contributed by atoms with Gasteiger partial charge in [0.1, 0.15) is 17.1 Å². The number of amides is 1. The Morgan fingerprint density at radius 2 is 1.75 bits per heavy atom. The van der Waals surface area contributed by atoms with Gasteiger partial charge in [0.05, 0.1) is 11.4 Å². The van der Waals surface area contributed by atoms with Crippen LogP contribution in [0.5, 0.6) is 0 Å². The third kappa shape index (κ3) is 4.44. The third-order valence-electron chi connectivity index (χ3n) is 5.42. The first kappa shape index (κ1) is 21.8. The monoisotopic (exact) mass is 433 g/mol. The second-order valence-corrected chi connectivity index (χ2v) is 8.96. The molecular formula is C26H28FN3O2. The molecule has 0 unspecified atom stereocenters. The summed E-state index contributed by atoms with van der Waals surface area (Å²) in [5, 5.41) is 4.84. The summed E-state index contributed by atoms with van der Waals surface area (Å²) in [6.45, 7) is 8.60. The molecule has 0 bridgehead atoms. The van der Waals surface area contributed by atoms with Crippen LogP contribution in [0.3, 0.4) is 0 Å². The number of nitrogens with zero attached hydrogens (tertiary/aromatic N) is 3. The van der Waals surface area contributed by atoms with E-state index in [9.17, 15) is 9.18 Å². The van der Waals surface area contributed by atoms with Crippen LogP contribution >= 0.6 is 0 Å². The normalized spacial score (nSPS) is 14.3. The van der Waals surface area contributed by atoms with Gasteiger partial charge in [0.15, 0.2) is 0 Å². The summed E-state index contributed by atoms with van der Waals surface area (Å²) in [6, 6.07) is 16.6. The number of aromatic nitrogens is 2. The Hall–Kier alpha value is -3.41. The molecule has 32 heavy (non-hydrogen) atoms. The molecule has 1 aliphatic rings. The molecule has 4 rings (SSSR count). The average molecular weight is 434 g/mol. The summed E-state index contributed by atoms with van der Waals surface area (Å²) in [7, 11) is 0. The molecule has 0 N–H and O–H groups in total. The number of para-hydroxylation sites is 1. The highest BCUT2D eigenvalue weighted by Gasteiger charge is 2.27. The maximum absolute atomic E-state index is 14.7. The molecular weight excluding hydrogens is 405 g/mol. The van der Waals surface area contributed by atoms with Crippen LogP contribution in [-0.2, 0) is 4.74 Å². The first-order valence-corrected chi connectivity index (χ1v) is 10.8. The van der Waals surface area contributed by atoms with Crippen molar-refractivity contribution in [1.82, 2.24) is 14.7 Å². The number of carbonyl (C=O) groups is 1. The van der Waals surface area contributed by atoms with E-state index in [-0.39, 0.29) is 11.9 Å². The number of benzene rings is 2. The van der Waals surface area contributed by atoms with E-state index in [0.29, 0.717) is 25.2 Å². The molecule has 0 spiro atoms. The third-order valence-corrected chi connectivity index (χ3v) is 5.42. The lowest BCUT2D eigenvalue weighted by Gasteiger charge is -2.29. The van der Waals surface area contributed by atoms with Gasteiger partial charge < -0.3 is 9.64 Å². The van der Waals surface area contributed by atoms with Crippen molar-refractivity contribution in [3.05, 3.63) is 77.7 Å². The molecule has 3 aromatic rings. The zero-order chi connectivity index (χ0) is 22.9. The smallest absolute Gasteiger partial charge is 0.410 e. The van der Waals surface area contributed by atoms with Crippen LogP contribution in [0, 0.1) is 12.7 Å². The fourth-order valence-electron chi connectivity index (χ4n) is 3.91. The fourth-order valence-corrected chi connectivity index (χ4v) is 3.91. The molecule has 0 saturated carbocycles. The summed E-state index contributed by atoms with van der Waals surface area (Å²) in [6.07, 6.45) is 2.36. The predicted molar refractivity (Wildman–Crippen MR) is 124 cm³/mol. The van der Waals surface area contributed by atoms with Gasteiger partial charge >= 0.3 is 6.09 Å². The van der Waals surface area contributed by atoms with Crippen LogP contribution in [0.15, 0.2) is 60.7 Å². The molecule has 0 saturated heterocycles. The van der Waals surface area contributed by atoms with Gasteiger partial charge in [-0.3, -0.25) is 0 Å². The molecule has 0 radical (unpaired) electrons. The van der Waals surface area contributed by atoms with Crippen LogP contribution in [0.4, 0.5) is 9.18 Å². The van der Waals surface area contributed by atoms with Gasteiger partial charge in [0, 0.05) is 24.2 Å². The highest BCUT2D eigenvalue weighted by molar-refractivity contribution is 5.77. The quantitative estimate of drug-likeness (QED) is 0.508. The van der Waals surface area contributed by atoms with E-state index in [1.165, 1.54) is 6.07 Å². The number of rotatable bonds is 3. The second-order valence-electron chi connectivity index (χ2n) is 8.96. The zero-order valence-electron chi connectivity index (χ0n) is 18.9. The Morgan fingerprint density at radius 1 is 1.06 bits per heavy atom. The first-order valence-electron chi connectivity index (χ1n) is 10.8. The average Bonchev–Trinajstić information content (AvgIpc) is 3.10.